The number of benzene rings is 1. The second-order valence-electron chi connectivity index (χ2n) is 12.8. The summed E-state index contributed by atoms with van der Waals surface area (Å²) in [6.07, 6.45) is 0.641. The highest BCUT2D eigenvalue weighted by molar-refractivity contribution is 9.10. The number of piperidine rings is 2. The summed E-state index contributed by atoms with van der Waals surface area (Å²) in [5.41, 5.74) is 0.847. The molecule has 9 nitrogen and oxygen atoms in total. The third kappa shape index (κ3) is 6.85. The molecule has 1 spiro atoms. The summed E-state index contributed by atoms with van der Waals surface area (Å²) in [5.74, 6) is 0.997. The molecule has 0 atom stereocenters. The monoisotopic (exact) mass is 653 g/mol. The number of rotatable bonds is 7. The van der Waals surface area contributed by atoms with Gasteiger partial charge in [0, 0.05) is 50.1 Å². The number of aryl methyl sites for hydroxylation is 1. The molecule has 5 rings (SSSR count). The van der Waals surface area contributed by atoms with Gasteiger partial charge in [-0.15, -0.1) is 0 Å². The smallest absolute Gasteiger partial charge is 0.410 e. The summed E-state index contributed by atoms with van der Waals surface area (Å²) in [7, 11) is 0. The first-order valence-corrected chi connectivity index (χ1v) is 15.7. The summed E-state index contributed by atoms with van der Waals surface area (Å²) in [6, 6.07) is 2.22. The van der Waals surface area contributed by atoms with Gasteiger partial charge >= 0.3 is 12.1 Å². The molecule has 12 heteroatoms. The Morgan fingerprint density at radius 1 is 1.14 bits per heavy atom. The van der Waals surface area contributed by atoms with E-state index in [-0.39, 0.29) is 29.4 Å². The van der Waals surface area contributed by atoms with Gasteiger partial charge < -0.3 is 28.9 Å². The molecule has 0 unspecified atom stereocenters. The highest BCUT2D eigenvalue weighted by Gasteiger charge is 2.48. The Balaban J connectivity index is 1.40. The van der Waals surface area contributed by atoms with Crippen LogP contribution in [0.25, 0.3) is 10.9 Å². The Hall–Kier alpha value is -2.47. The van der Waals surface area contributed by atoms with E-state index in [2.05, 4.69) is 32.7 Å². The van der Waals surface area contributed by atoms with Crippen LogP contribution in [0.4, 0.5) is 19.4 Å². The van der Waals surface area contributed by atoms with Crippen LogP contribution in [0.2, 0.25) is 0 Å². The fraction of sp³-hybridized carbons (Fsp3) is 0.700. The van der Waals surface area contributed by atoms with Crippen LogP contribution in [-0.2, 0) is 4.74 Å². The number of ether oxygens (including phenoxy) is 3. The van der Waals surface area contributed by atoms with E-state index in [1.807, 2.05) is 33.8 Å². The topological polar surface area (TPSA) is 80.3 Å². The van der Waals surface area contributed by atoms with E-state index in [9.17, 15) is 13.6 Å². The molecule has 0 N–H and O–H groups in total. The van der Waals surface area contributed by atoms with Gasteiger partial charge in [0.1, 0.15) is 29.6 Å². The van der Waals surface area contributed by atoms with Crippen molar-refractivity contribution in [1.29, 1.82) is 0 Å². The summed E-state index contributed by atoms with van der Waals surface area (Å²) in [5, 5.41) is 0.744. The average molecular weight is 655 g/mol. The number of alkyl halides is 2. The predicted octanol–water partition coefficient (Wildman–Crippen LogP) is 6.05. The van der Waals surface area contributed by atoms with Gasteiger partial charge in [0.25, 0.3) is 6.43 Å². The van der Waals surface area contributed by atoms with E-state index in [0.29, 0.717) is 23.1 Å². The fourth-order valence-corrected chi connectivity index (χ4v) is 6.52. The van der Waals surface area contributed by atoms with Crippen LogP contribution in [0.15, 0.2) is 10.5 Å². The lowest BCUT2D eigenvalue weighted by Gasteiger charge is -2.53. The largest absolute Gasteiger partial charge is 0.484 e. The summed E-state index contributed by atoms with van der Waals surface area (Å²) < 4.78 is 44.5. The first-order chi connectivity index (χ1) is 19.9. The Morgan fingerprint density at radius 3 is 2.40 bits per heavy atom. The number of carbonyl (C=O) groups excluding carboxylic acids is 1. The Bertz CT molecular complexity index is 1280. The number of nitrogens with zero attached hydrogens (tertiary/aromatic N) is 5. The molecule has 3 aliphatic rings. The molecular weight excluding hydrogens is 612 g/mol. The van der Waals surface area contributed by atoms with Crippen molar-refractivity contribution < 1.29 is 27.8 Å². The van der Waals surface area contributed by atoms with Crippen molar-refractivity contribution in [1.82, 2.24) is 19.8 Å². The lowest BCUT2D eigenvalue weighted by atomic mass is 9.72. The van der Waals surface area contributed by atoms with E-state index in [1.54, 1.807) is 4.90 Å². The maximum absolute atomic E-state index is 13.2. The zero-order chi connectivity index (χ0) is 30.2. The van der Waals surface area contributed by atoms with Gasteiger partial charge in [-0.3, -0.25) is 0 Å². The van der Waals surface area contributed by atoms with Crippen molar-refractivity contribution in [2.45, 2.75) is 78.4 Å². The van der Waals surface area contributed by atoms with Crippen LogP contribution in [0.1, 0.15) is 58.9 Å². The molecule has 3 saturated heterocycles. The number of likely N-dealkylation sites (tertiary alicyclic amines) is 2. The molecule has 0 bridgehead atoms. The number of fused-ring (bicyclic) bond motifs is 1. The number of halogens is 3. The maximum atomic E-state index is 13.2. The van der Waals surface area contributed by atoms with Gasteiger partial charge in [-0.2, -0.15) is 9.97 Å². The van der Waals surface area contributed by atoms with E-state index >= 15 is 0 Å². The number of hydrogen-bond donors (Lipinski definition) is 0. The Kier molecular flexibility index (Phi) is 9.04. The normalized spacial score (nSPS) is 19.8. The number of aromatic nitrogens is 2. The van der Waals surface area contributed by atoms with Crippen LogP contribution in [0.5, 0.6) is 11.8 Å². The standard InChI is InChI=1S/C30H42BrF2N5O4/c1-6-36-11-7-20(8-12-36)41-27-34-24-21(15-19(2)23(31)25(24)40-16-22(32)33)26(35-27)37-13-9-30(10-14-37)17-38(18-30)28(39)42-29(3,4)5/h15,20,22H,6-14,16-18H2,1-5H3. The Labute approximate surface area is 255 Å². The van der Waals surface area contributed by atoms with Gasteiger partial charge in [0.05, 0.1) is 4.47 Å². The zero-order valence-corrected chi connectivity index (χ0v) is 26.8. The van der Waals surface area contributed by atoms with Crippen LogP contribution >= 0.6 is 15.9 Å². The SMILES string of the molecule is CCN1CCC(Oc2nc(N3CCC4(CC3)CN(C(=O)OC(C)(C)C)C4)c3cc(C)c(Br)c(OCC(F)F)c3n2)CC1. The highest BCUT2D eigenvalue weighted by atomic mass is 79.9. The van der Waals surface area contributed by atoms with Crippen LogP contribution in [0.3, 0.4) is 0 Å². The number of hydrogen-bond acceptors (Lipinski definition) is 8. The fourth-order valence-electron chi connectivity index (χ4n) is 6.10. The van der Waals surface area contributed by atoms with Gasteiger partial charge in [-0.25, -0.2) is 13.6 Å². The lowest BCUT2D eigenvalue weighted by molar-refractivity contribution is -0.0434. The molecule has 4 heterocycles. The van der Waals surface area contributed by atoms with Crippen molar-refractivity contribution in [2.75, 3.05) is 57.3 Å². The van der Waals surface area contributed by atoms with Crippen molar-refractivity contribution in [3.8, 4) is 11.8 Å². The maximum Gasteiger partial charge on any atom is 0.410 e. The number of amides is 1. The predicted molar refractivity (Wildman–Crippen MR) is 161 cm³/mol. The first-order valence-electron chi connectivity index (χ1n) is 14.9. The molecular formula is C30H42BrF2N5O4. The van der Waals surface area contributed by atoms with Crippen LogP contribution < -0.4 is 14.4 Å². The molecule has 0 saturated carbocycles. The van der Waals surface area contributed by atoms with E-state index < -0.39 is 18.6 Å². The van der Waals surface area contributed by atoms with Crippen molar-refractivity contribution in [3.05, 3.63) is 16.1 Å². The molecule has 1 aromatic heterocycles. The Morgan fingerprint density at radius 2 is 1.81 bits per heavy atom. The third-order valence-electron chi connectivity index (χ3n) is 8.46. The zero-order valence-electron chi connectivity index (χ0n) is 25.2. The molecule has 1 aromatic carbocycles. The minimum absolute atomic E-state index is 0.0177. The minimum atomic E-state index is -2.62. The summed E-state index contributed by atoms with van der Waals surface area (Å²) in [6.45, 7) is 14.7. The van der Waals surface area contributed by atoms with Crippen molar-refractivity contribution in [2.24, 2.45) is 5.41 Å². The molecule has 232 valence electrons. The van der Waals surface area contributed by atoms with Gasteiger partial charge in [0.15, 0.2) is 5.75 Å². The molecule has 3 fully saturated rings. The van der Waals surface area contributed by atoms with E-state index in [0.717, 1.165) is 75.2 Å². The number of anilines is 1. The molecule has 1 amide bonds. The van der Waals surface area contributed by atoms with Gasteiger partial charge in [-0.05, 0) is 87.5 Å². The number of carbonyl (C=O) groups is 1. The van der Waals surface area contributed by atoms with Crippen molar-refractivity contribution >= 4 is 38.7 Å². The van der Waals surface area contributed by atoms with Crippen LogP contribution in [0, 0.1) is 12.3 Å². The quantitative estimate of drug-likeness (QED) is 0.358. The van der Waals surface area contributed by atoms with Crippen LogP contribution in [-0.4, -0.2) is 96.4 Å². The second kappa shape index (κ2) is 12.3. The molecule has 0 aliphatic carbocycles. The minimum Gasteiger partial charge on any atom is -0.484 e. The first kappa shape index (κ1) is 31.0. The molecule has 3 aliphatic heterocycles. The third-order valence-corrected chi connectivity index (χ3v) is 9.45. The molecule has 0 radical (unpaired) electrons. The highest BCUT2D eigenvalue weighted by Crippen LogP contribution is 2.44. The van der Waals surface area contributed by atoms with Crippen molar-refractivity contribution in [3.63, 3.8) is 0 Å². The van der Waals surface area contributed by atoms with Gasteiger partial charge in [-0.1, -0.05) is 6.92 Å². The second-order valence-corrected chi connectivity index (χ2v) is 13.6. The van der Waals surface area contributed by atoms with E-state index in [1.165, 1.54) is 0 Å². The van der Waals surface area contributed by atoms with Gasteiger partial charge in [0.2, 0.25) is 0 Å². The summed E-state index contributed by atoms with van der Waals surface area (Å²) in [4.78, 5) is 28.6. The lowest BCUT2D eigenvalue weighted by Crippen LogP contribution is -2.62. The summed E-state index contributed by atoms with van der Waals surface area (Å²) >= 11 is 3.54. The molecule has 2 aromatic rings. The van der Waals surface area contributed by atoms with E-state index in [4.69, 9.17) is 24.2 Å². The molecule has 42 heavy (non-hydrogen) atoms. The average Bonchev–Trinajstić information content (AvgIpc) is 2.91.